The fraction of sp³-hybridized carbons (Fsp3) is 0.381. The van der Waals surface area contributed by atoms with Crippen molar-refractivity contribution in [1.29, 1.82) is 0 Å². The topological polar surface area (TPSA) is 66.8 Å². The van der Waals surface area contributed by atoms with Gasteiger partial charge < -0.3 is 14.9 Å². The molecule has 0 radical (unpaired) electrons. The van der Waals surface area contributed by atoms with Gasteiger partial charge in [-0.15, -0.1) is 22.9 Å². The number of halogens is 3. The fourth-order valence-corrected chi connectivity index (χ4v) is 5.14. The summed E-state index contributed by atoms with van der Waals surface area (Å²) in [6.07, 6.45) is 4.26. The maximum atomic E-state index is 13.4. The smallest absolute Gasteiger partial charge is 0.449 e. The number of carbonyl (C=O) groups is 1. The molecule has 0 spiro atoms. The molecule has 4 atom stereocenters. The van der Waals surface area contributed by atoms with Gasteiger partial charge in [0.15, 0.2) is 5.06 Å². The Hall–Kier alpha value is -1.96. The molecule has 1 aliphatic carbocycles. The molecule has 0 aliphatic heterocycles. The summed E-state index contributed by atoms with van der Waals surface area (Å²) in [4.78, 5) is 11.6. The zero-order chi connectivity index (χ0) is 21.0. The lowest BCUT2D eigenvalue weighted by molar-refractivity contribution is 0.140. The third-order valence-corrected chi connectivity index (χ3v) is 6.58. The highest BCUT2D eigenvalue weighted by Crippen LogP contribution is 2.40. The Bertz CT molecular complexity index is 865. The van der Waals surface area contributed by atoms with Crippen molar-refractivity contribution < 1.29 is 28.5 Å². The van der Waals surface area contributed by atoms with Gasteiger partial charge in [0.05, 0.1) is 6.10 Å². The predicted molar refractivity (Wildman–Crippen MR) is 109 cm³/mol. The number of benzene rings is 1. The van der Waals surface area contributed by atoms with Crippen molar-refractivity contribution in [2.75, 3.05) is 0 Å². The molecule has 0 saturated heterocycles. The zero-order valence-corrected chi connectivity index (χ0v) is 17.0. The Kier molecular flexibility index (Phi) is 7.27. The molecule has 3 rings (SSSR count). The number of aryl methyl sites for hydroxylation is 1. The van der Waals surface area contributed by atoms with Crippen molar-refractivity contribution >= 4 is 35.2 Å². The Balaban J connectivity index is 1.60. The van der Waals surface area contributed by atoms with E-state index in [1.165, 1.54) is 23.5 Å². The van der Waals surface area contributed by atoms with Crippen molar-refractivity contribution in [3.63, 3.8) is 0 Å². The molecule has 29 heavy (non-hydrogen) atoms. The lowest BCUT2D eigenvalue weighted by atomic mass is 9.89. The van der Waals surface area contributed by atoms with Crippen molar-refractivity contribution in [3.05, 3.63) is 58.5 Å². The van der Waals surface area contributed by atoms with Crippen LogP contribution in [0.2, 0.25) is 0 Å². The van der Waals surface area contributed by atoms with Crippen LogP contribution in [0, 0.1) is 23.5 Å². The van der Waals surface area contributed by atoms with E-state index in [2.05, 4.69) is 4.74 Å². The highest BCUT2D eigenvalue weighted by molar-refractivity contribution is 7.13. The molecule has 156 valence electrons. The van der Waals surface area contributed by atoms with Gasteiger partial charge in [0.2, 0.25) is 0 Å². The molecule has 2 aromatic rings. The molecule has 1 aromatic carbocycles. The van der Waals surface area contributed by atoms with Crippen LogP contribution in [0.5, 0.6) is 5.06 Å². The first-order valence-electron chi connectivity index (χ1n) is 9.27. The van der Waals surface area contributed by atoms with Gasteiger partial charge in [-0.25, -0.2) is 13.6 Å². The van der Waals surface area contributed by atoms with Crippen LogP contribution >= 0.6 is 22.9 Å². The number of aliphatic hydroxyl groups is 1. The Morgan fingerprint density at radius 2 is 2.00 bits per heavy atom. The van der Waals surface area contributed by atoms with Gasteiger partial charge in [0.25, 0.3) is 0 Å². The highest BCUT2D eigenvalue weighted by atomic mass is 35.5. The summed E-state index contributed by atoms with van der Waals surface area (Å²) >= 11 is 7.73. The minimum Gasteiger partial charge on any atom is -0.449 e. The standard InChI is InChI=1S/C21H21ClF2O4S/c22-18-11-19(25)17(6-4-12-8-13(23)10-14(24)9-12)16(18)3-1-2-15-5-7-20(29-15)28-21(26)27/h4-10,16-19,25H,1-3,11H2,(H,26,27)/b6-4-/t16-,17-,18-,19-/m1/s1. The van der Waals surface area contributed by atoms with Crippen molar-refractivity contribution in [3.8, 4) is 5.06 Å². The van der Waals surface area contributed by atoms with Crippen molar-refractivity contribution in [1.82, 2.24) is 0 Å². The van der Waals surface area contributed by atoms with Crippen molar-refractivity contribution in [2.24, 2.45) is 11.8 Å². The minimum atomic E-state index is -1.34. The SMILES string of the molecule is O=C(O)Oc1ccc(CCC[C@@H]2[C@@H](/C=C\c3cc(F)cc(F)c3)[C@H](O)C[C@H]2Cl)s1. The van der Waals surface area contributed by atoms with Crippen LogP contribution in [0.25, 0.3) is 6.08 Å². The summed E-state index contributed by atoms with van der Waals surface area (Å²) in [6.45, 7) is 0. The quantitative estimate of drug-likeness (QED) is 0.425. The maximum absolute atomic E-state index is 13.4. The predicted octanol–water partition coefficient (Wildman–Crippen LogP) is 5.72. The number of hydrogen-bond donors (Lipinski definition) is 2. The monoisotopic (exact) mass is 442 g/mol. The number of ether oxygens (including phenoxy) is 1. The number of alkyl halides is 1. The van der Waals surface area contributed by atoms with Crippen LogP contribution in [0.4, 0.5) is 13.6 Å². The largest absolute Gasteiger partial charge is 0.512 e. The number of rotatable bonds is 7. The van der Waals surface area contributed by atoms with Gasteiger partial charge >= 0.3 is 6.16 Å². The van der Waals surface area contributed by atoms with Gasteiger partial charge in [-0.05, 0) is 61.4 Å². The van der Waals surface area contributed by atoms with Crippen LogP contribution in [0.3, 0.4) is 0 Å². The van der Waals surface area contributed by atoms with Crippen LogP contribution in [0.1, 0.15) is 29.7 Å². The minimum absolute atomic E-state index is 0.0380. The molecule has 0 amide bonds. The van der Waals surface area contributed by atoms with Crippen LogP contribution in [0.15, 0.2) is 36.4 Å². The summed E-state index contributed by atoms with van der Waals surface area (Å²) in [7, 11) is 0. The second-order valence-corrected chi connectivity index (χ2v) is 8.79. The molecule has 1 fully saturated rings. The van der Waals surface area contributed by atoms with E-state index in [0.29, 0.717) is 17.0 Å². The molecule has 1 heterocycles. The van der Waals surface area contributed by atoms with E-state index >= 15 is 0 Å². The molecule has 8 heteroatoms. The average Bonchev–Trinajstić information content (AvgIpc) is 3.16. The number of carboxylic acid groups (broad SMARTS) is 1. The maximum Gasteiger partial charge on any atom is 0.512 e. The Morgan fingerprint density at radius 1 is 1.28 bits per heavy atom. The molecule has 0 unspecified atom stereocenters. The van der Waals surface area contributed by atoms with E-state index in [4.69, 9.17) is 16.7 Å². The van der Waals surface area contributed by atoms with Gasteiger partial charge in [-0.3, -0.25) is 0 Å². The fourth-order valence-electron chi connectivity index (χ4n) is 3.77. The molecule has 2 N–H and O–H groups in total. The first-order chi connectivity index (χ1) is 13.8. The second kappa shape index (κ2) is 9.69. The first-order valence-corrected chi connectivity index (χ1v) is 10.5. The Morgan fingerprint density at radius 3 is 2.69 bits per heavy atom. The molecule has 1 saturated carbocycles. The van der Waals surface area contributed by atoms with E-state index in [-0.39, 0.29) is 17.2 Å². The van der Waals surface area contributed by atoms with E-state index in [1.54, 1.807) is 18.2 Å². The zero-order valence-electron chi connectivity index (χ0n) is 15.4. The first kappa shape index (κ1) is 21.7. The lowest BCUT2D eigenvalue weighted by Gasteiger charge is -2.20. The van der Waals surface area contributed by atoms with Gasteiger partial charge in [0, 0.05) is 22.2 Å². The summed E-state index contributed by atoms with van der Waals surface area (Å²) in [5, 5.41) is 19.2. The Labute approximate surface area is 176 Å². The van der Waals surface area contributed by atoms with Crippen molar-refractivity contribution in [2.45, 2.75) is 37.2 Å². The summed E-state index contributed by atoms with van der Waals surface area (Å²) < 4.78 is 31.3. The van der Waals surface area contributed by atoms with Gasteiger partial charge in [-0.2, -0.15) is 0 Å². The number of thiophene rings is 1. The van der Waals surface area contributed by atoms with E-state index in [0.717, 1.165) is 30.2 Å². The summed E-state index contributed by atoms with van der Waals surface area (Å²) in [5.41, 5.74) is 0.399. The molecular formula is C21H21ClF2O4S. The summed E-state index contributed by atoms with van der Waals surface area (Å²) in [5.74, 6) is -1.45. The van der Waals surface area contributed by atoms with Crippen LogP contribution in [-0.2, 0) is 6.42 Å². The number of hydrogen-bond acceptors (Lipinski definition) is 4. The van der Waals surface area contributed by atoms with Crippen LogP contribution < -0.4 is 4.74 Å². The van der Waals surface area contributed by atoms with Gasteiger partial charge in [-0.1, -0.05) is 12.2 Å². The molecule has 1 aromatic heterocycles. The third-order valence-electron chi connectivity index (χ3n) is 5.05. The highest BCUT2D eigenvalue weighted by Gasteiger charge is 2.39. The van der Waals surface area contributed by atoms with Gasteiger partial charge in [0.1, 0.15) is 11.6 Å². The van der Waals surface area contributed by atoms with Crippen LogP contribution in [-0.4, -0.2) is 27.8 Å². The molecular weight excluding hydrogens is 422 g/mol. The van der Waals surface area contributed by atoms with E-state index in [9.17, 15) is 18.7 Å². The number of aliphatic hydroxyl groups excluding tert-OH is 1. The molecule has 4 nitrogen and oxygen atoms in total. The van der Waals surface area contributed by atoms with E-state index < -0.39 is 23.9 Å². The molecule has 1 aliphatic rings. The summed E-state index contributed by atoms with van der Waals surface area (Å²) in [6, 6.07) is 6.75. The lowest BCUT2D eigenvalue weighted by Crippen LogP contribution is -2.18. The average molecular weight is 443 g/mol. The second-order valence-electron chi connectivity index (χ2n) is 7.10. The molecule has 0 bridgehead atoms. The van der Waals surface area contributed by atoms with E-state index in [1.807, 2.05) is 6.07 Å². The normalized spacial score (nSPS) is 24.3. The third kappa shape index (κ3) is 6.01.